The fourth-order valence-electron chi connectivity index (χ4n) is 5.68. The van der Waals surface area contributed by atoms with Crippen LogP contribution in [0.15, 0.2) is 18.2 Å². The van der Waals surface area contributed by atoms with Crippen molar-refractivity contribution in [2.24, 2.45) is 11.8 Å². The second kappa shape index (κ2) is 6.32. The lowest BCUT2D eigenvalue weighted by molar-refractivity contribution is -0.191. The molecule has 1 aromatic carbocycles. The van der Waals surface area contributed by atoms with Gasteiger partial charge < -0.3 is 10.1 Å². The number of rotatable bonds is 1. The molecule has 5 heteroatoms. The molecule has 4 aliphatic rings. The molecule has 0 amide bonds. The zero-order valence-electron chi connectivity index (χ0n) is 14.5. The fourth-order valence-corrected chi connectivity index (χ4v) is 5.68. The lowest BCUT2D eigenvalue weighted by Crippen LogP contribution is -2.56. The molecule has 3 fully saturated rings. The van der Waals surface area contributed by atoms with Gasteiger partial charge in [0.15, 0.2) is 0 Å². The van der Waals surface area contributed by atoms with E-state index in [0.717, 1.165) is 24.3 Å². The van der Waals surface area contributed by atoms with Crippen LogP contribution < -0.4 is 0 Å². The van der Waals surface area contributed by atoms with Gasteiger partial charge in [-0.1, -0.05) is 13.3 Å². The highest BCUT2D eigenvalue weighted by Crippen LogP contribution is 2.51. The van der Waals surface area contributed by atoms with E-state index in [1.54, 1.807) is 6.07 Å². The molecule has 6 rings (SSSR count). The molecule has 4 bridgehead atoms. The molecule has 0 spiro atoms. The Morgan fingerprint density at radius 1 is 1.32 bits per heavy atom. The maximum absolute atomic E-state index is 9.87. The van der Waals surface area contributed by atoms with Gasteiger partial charge in [-0.2, -0.15) is 9.59 Å². The van der Waals surface area contributed by atoms with Crippen LogP contribution >= 0.6 is 0 Å². The summed E-state index contributed by atoms with van der Waals surface area (Å²) < 4.78 is 0. The predicted octanol–water partition coefficient (Wildman–Crippen LogP) is 3.05. The number of hydrogen-bond donors (Lipinski definition) is 2. The Balaban J connectivity index is 0.000000490. The number of H-pyrrole nitrogens is 1. The molecule has 3 aliphatic heterocycles. The third kappa shape index (κ3) is 2.59. The first-order valence-electron chi connectivity index (χ1n) is 9.23. The van der Waals surface area contributed by atoms with Gasteiger partial charge in [0.05, 0.1) is 0 Å². The zero-order chi connectivity index (χ0) is 17.6. The first-order valence-corrected chi connectivity index (χ1v) is 9.23. The summed E-state index contributed by atoms with van der Waals surface area (Å²) >= 11 is 0. The largest absolute Gasteiger partial charge is 0.508 e. The van der Waals surface area contributed by atoms with Crippen LogP contribution in [0.4, 0.5) is 0 Å². The molecule has 25 heavy (non-hydrogen) atoms. The standard InChI is InChI=1S/C19H24N2O.CO2/c1-2-12-7-11-8-16-18-14(5-6-21(10-11)19(12)16)15-9-13(22)3-4-17(15)20-18;2-1-3/h3-4,9,11-12,16,19-20,22H,2,5-8,10H2,1H3;. The number of nitrogens with zero attached hydrogens (tertiary/aromatic N) is 1. The number of hydrogen-bond acceptors (Lipinski definition) is 4. The van der Waals surface area contributed by atoms with Crippen molar-refractivity contribution in [3.05, 3.63) is 29.5 Å². The lowest BCUT2D eigenvalue weighted by Gasteiger charge is -2.53. The van der Waals surface area contributed by atoms with E-state index in [-0.39, 0.29) is 6.15 Å². The highest BCUT2D eigenvalue weighted by molar-refractivity contribution is 5.86. The molecule has 5 atom stereocenters. The number of aromatic nitrogens is 1. The number of benzene rings is 1. The normalized spacial score (nSPS) is 32.3. The summed E-state index contributed by atoms with van der Waals surface area (Å²) in [6, 6.07) is 6.52. The maximum Gasteiger partial charge on any atom is 0.373 e. The van der Waals surface area contributed by atoms with Crippen molar-refractivity contribution in [1.82, 2.24) is 9.88 Å². The van der Waals surface area contributed by atoms with Gasteiger partial charge in [-0.3, -0.25) is 4.90 Å². The second-order valence-electron chi connectivity index (χ2n) is 7.68. The highest BCUT2D eigenvalue weighted by Gasteiger charge is 2.48. The van der Waals surface area contributed by atoms with Crippen LogP contribution in [0.3, 0.4) is 0 Å². The van der Waals surface area contributed by atoms with E-state index in [1.807, 2.05) is 12.1 Å². The van der Waals surface area contributed by atoms with Gasteiger partial charge in [0.2, 0.25) is 0 Å². The van der Waals surface area contributed by atoms with E-state index >= 15 is 0 Å². The van der Waals surface area contributed by atoms with Crippen molar-refractivity contribution in [2.45, 2.75) is 44.6 Å². The minimum atomic E-state index is 0.250. The summed E-state index contributed by atoms with van der Waals surface area (Å²) in [5, 5.41) is 11.1. The van der Waals surface area contributed by atoms with Crippen LogP contribution in [0.5, 0.6) is 5.75 Å². The molecule has 1 aliphatic carbocycles. The van der Waals surface area contributed by atoms with Crippen LogP contribution in [0, 0.1) is 11.8 Å². The Hall–Kier alpha value is -2.10. The average molecular weight is 340 g/mol. The van der Waals surface area contributed by atoms with Gasteiger partial charge in [-0.25, -0.2) is 0 Å². The molecule has 0 radical (unpaired) electrons. The number of aromatic amines is 1. The van der Waals surface area contributed by atoms with Crippen molar-refractivity contribution >= 4 is 17.1 Å². The number of phenols is 1. The first kappa shape index (κ1) is 16.4. The topological polar surface area (TPSA) is 73.4 Å². The van der Waals surface area contributed by atoms with Crippen LogP contribution in [0.25, 0.3) is 10.9 Å². The first-order chi connectivity index (χ1) is 12.2. The zero-order valence-corrected chi connectivity index (χ0v) is 14.5. The van der Waals surface area contributed by atoms with Gasteiger partial charge >= 0.3 is 6.15 Å². The molecule has 1 saturated carbocycles. The van der Waals surface area contributed by atoms with E-state index in [4.69, 9.17) is 9.59 Å². The molecule has 4 heterocycles. The average Bonchev–Trinajstić information content (AvgIpc) is 2.92. The minimum Gasteiger partial charge on any atom is -0.508 e. The molecule has 2 saturated heterocycles. The SMILES string of the molecule is CCC1CC2CC3c4[nH]c5ccc(O)cc5c4CCN(C2)C13.O=C=O. The smallest absolute Gasteiger partial charge is 0.373 e. The Morgan fingerprint density at radius 3 is 2.88 bits per heavy atom. The molecule has 5 nitrogen and oxygen atoms in total. The number of carbonyl (C=O) groups excluding carboxylic acids is 2. The van der Waals surface area contributed by atoms with Crippen LogP contribution in [0.2, 0.25) is 0 Å². The quantitative estimate of drug-likeness (QED) is 0.837. The summed E-state index contributed by atoms with van der Waals surface area (Å²) in [5.41, 5.74) is 4.16. The van der Waals surface area contributed by atoms with Gasteiger partial charge in [0, 0.05) is 41.6 Å². The van der Waals surface area contributed by atoms with E-state index in [0.29, 0.717) is 11.7 Å². The van der Waals surface area contributed by atoms with Crippen LogP contribution in [0.1, 0.15) is 43.4 Å². The molecule has 2 aromatic rings. The van der Waals surface area contributed by atoms with E-state index in [1.165, 1.54) is 54.5 Å². The van der Waals surface area contributed by atoms with Crippen molar-refractivity contribution in [1.29, 1.82) is 0 Å². The molecular weight excluding hydrogens is 316 g/mol. The van der Waals surface area contributed by atoms with E-state index < -0.39 is 0 Å². The lowest BCUT2D eigenvalue weighted by atomic mass is 9.65. The van der Waals surface area contributed by atoms with E-state index in [9.17, 15) is 5.11 Å². The minimum absolute atomic E-state index is 0.250. The van der Waals surface area contributed by atoms with Crippen LogP contribution in [-0.2, 0) is 16.0 Å². The van der Waals surface area contributed by atoms with Crippen molar-refractivity contribution in [3.63, 3.8) is 0 Å². The van der Waals surface area contributed by atoms with Crippen molar-refractivity contribution in [3.8, 4) is 5.75 Å². The van der Waals surface area contributed by atoms with Crippen molar-refractivity contribution in [2.75, 3.05) is 13.1 Å². The monoisotopic (exact) mass is 340 g/mol. The predicted molar refractivity (Wildman–Crippen MR) is 93.3 cm³/mol. The number of phenolic OH excluding ortho intramolecular Hbond substituents is 1. The molecule has 5 unspecified atom stereocenters. The molecular formula is C20H24N2O3. The highest BCUT2D eigenvalue weighted by atomic mass is 16.3. The third-order valence-electron chi connectivity index (χ3n) is 6.50. The van der Waals surface area contributed by atoms with Crippen LogP contribution in [-0.4, -0.2) is 40.3 Å². The Kier molecular flexibility index (Phi) is 4.14. The maximum atomic E-state index is 9.87. The summed E-state index contributed by atoms with van der Waals surface area (Å²) in [4.78, 5) is 22.8. The fraction of sp³-hybridized carbons (Fsp3) is 0.550. The number of nitrogens with one attached hydrogen (secondary N) is 1. The Bertz CT molecular complexity index is 822. The van der Waals surface area contributed by atoms with Gasteiger partial charge in [0.1, 0.15) is 5.75 Å². The number of aromatic hydroxyl groups is 1. The Labute approximate surface area is 147 Å². The number of fused-ring (bicyclic) bond motifs is 4. The summed E-state index contributed by atoms with van der Waals surface area (Å²) in [7, 11) is 0. The van der Waals surface area contributed by atoms with E-state index in [2.05, 4.69) is 16.8 Å². The molecule has 1 aromatic heterocycles. The summed E-state index contributed by atoms with van der Waals surface area (Å²) in [6.45, 7) is 4.86. The number of piperidine rings is 2. The third-order valence-corrected chi connectivity index (χ3v) is 6.50. The molecule has 132 valence electrons. The van der Waals surface area contributed by atoms with Gasteiger partial charge in [-0.15, -0.1) is 0 Å². The second-order valence-corrected chi connectivity index (χ2v) is 7.68. The van der Waals surface area contributed by atoms with Crippen molar-refractivity contribution < 1.29 is 14.7 Å². The Morgan fingerprint density at radius 2 is 2.12 bits per heavy atom. The van der Waals surface area contributed by atoms with Gasteiger partial charge in [-0.05, 0) is 54.9 Å². The molecule has 2 N–H and O–H groups in total. The summed E-state index contributed by atoms with van der Waals surface area (Å²) in [5.74, 6) is 2.80. The summed E-state index contributed by atoms with van der Waals surface area (Å²) in [6.07, 6.45) is 5.47. The van der Waals surface area contributed by atoms with Gasteiger partial charge in [0.25, 0.3) is 0 Å².